The van der Waals surface area contributed by atoms with Gasteiger partial charge in [-0.3, -0.25) is 4.79 Å². The number of pyridine rings is 1. The number of rotatable bonds is 2. The van der Waals surface area contributed by atoms with E-state index in [1.807, 2.05) is 24.3 Å². The van der Waals surface area contributed by atoms with Crippen molar-refractivity contribution in [2.45, 2.75) is 19.8 Å². The molecule has 0 bridgehead atoms. The van der Waals surface area contributed by atoms with E-state index >= 15 is 0 Å². The largest absolute Gasteiger partial charge is 0.353 e. The lowest BCUT2D eigenvalue weighted by atomic mass is 10.1. The van der Waals surface area contributed by atoms with Crippen molar-refractivity contribution in [3.8, 4) is 0 Å². The first-order chi connectivity index (χ1) is 8.70. The highest BCUT2D eigenvalue weighted by atomic mass is 16.1. The Morgan fingerprint density at radius 1 is 1.22 bits per heavy atom. The van der Waals surface area contributed by atoms with Crippen LogP contribution >= 0.6 is 0 Å². The fraction of sp³-hybridized carbons (Fsp3) is 0.200. The van der Waals surface area contributed by atoms with E-state index in [9.17, 15) is 4.79 Å². The van der Waals surface area contributed by atoms with E-state index in [0.29, 0.717) is 5.69 Å². The van der Waals surface area contributed by atoms with Gasteiger partial charge in [-0.15, -0.1) is 0 Å². The summed E-state index contributed by atoms with van der Waals surface area (Å²) >= 11 is 0. The van der Waals surface area contributed by atoms with Crippen molar-refractivity contribution in [3.63, 3.8) is 0 Å². The van der Waals surface area contributed by atoms with Crippen LogP contribution in [-0.4, -0.2) is 16.3 Å². The zero-order chi connectivity index (χ0) is 12.7. The smallest absolute Gasteiger partial charge is 0.168 e. The number of carbonyl (C=O) groups is 1. The number of nitrogens with zero attached hydrogens (tertiary/aromatic N) is 1. The summed E-state index contributed by atoms with van der Waals surface area (Å²) in [5.74, 6) is 0.278. The van der Waals surface area contributed by atoms with Crippen LogP contribution < -0.4 is 0 Å². The summed E-state index contributed by atoms with van der Waals surface area (Å²) in [6.07, 6.45) is 0.813. The molecule has 0 atom stereocenters. The number of hydrogen-bond acceptors (Lipinski definition) is 2. The Hall–Kier alpha value is -2.16. The fourth-order valence-electron chi connectivity index (χ4n) is 2.37. The maximum Gasteiger partial charge on any atom is 0.168 e. The van der Waals surface area contributed by atoms with E-state index in [2.05, 4.69) is 29.9 Å². The van der Waals surface area contributed by atoms with Crippen LogP contribution in [0.15, 0.2) is 30.3 Å². The van der Waals surface area contributed by atoms with Crippen LogP contribution in [0.4, 0.5) is 0 Å². The predicted molar refractivity (Wildman–Crippen MR) is 73.1 cm³/mol. The average Bonchev–Trinajstić information content (AvgIpc) is 2.75. The van der Waals surface area contributed by atoms with E-state index < -0.39 is 0 Å². The number of fused-ring (bicyclic) bond motifs is 3. The van der Waals surface area contributed by atoms with E-state index in [4.69, 9.17) is 0 Å². The molecule has 0 radical (unpaired) electrons. The molecule has 2 heterocycles. The van der Waals surface area contributed by atoms with Gasteiger partial charge in [0, 0.05) is 16.3 Å². The number of nitrogens with one attached hydrogen (secondary N) is 1. The second kappa shape index (κ2) is 3.95. The molecule has 18 heavy (non-hydrogen) atoms. The molecule has 0 saturated carbocycles. The minimum Gasteiger partial charge on any atom is -0.353 e. The molecule has 0 spiro atoms. The molecule has 1 N–H and O–H groups in total. The zero-order valence-corrected chi connectivity index (χ0v) is 10.4. The Kier molecular flexibility index (Phi) is 2.40. The number of hydrogen-bond donors (Lipinski definition) is 1. The van der Waals surface area contributed by atoms with Crippen molar-refractivity contribution in [3.05, 3.63) is 41.7 Å². The topological polar surface area (TPSA) is 45.8 Å². The van der Waals surface area contributed by atoms with E-state index in [-0.39, 0.29) is 5.92 Å². The molecule has 2 aromatic heterocycles. The quantitative estimate of drug-likeness (QED) is 0.692. The third-order valence-electron chi connectivity index (χ3n) is 3.21. The lowest BCUT2D eigenvalue weighted by Crippen LogP contribution is -1.98. The Morgan fingerprint density at radius 2 is 2.00 bits per heavy atom. The lowest BCUT2D eigenvalue weighted by molar-refractivity contribution is 0.111. The second-order valence-corrected chi connectivity index (χ2v) is 4.80. The Labute approximate surface area is 105 Å². The van der Waals surface area contributed by atoms with Gasteiger partial charge in [0.1, 0.15) is 5.69 Å². The lowest BCUT2D eigenvalue weighted by Gasteiger charge is -2.06. The first-order valence-corrected chi connectivity index (χ1v) is 6.07. The summed E-state index contributed by atoms with van der Waals surface area (Å²) in [4.78, 5) is 18.8. The number of carbonyl (C=O) groups excluding carboxylic acids is 1. The SMILES string of the molecule is CC(C)c1nc(C=O)cc2c1[nH]c1ccccc12. The minimum atomic E-state index is 0.278. The van der Waals surface area contributed by atoms with Gasteiger partial charge in [-0.1, -0.05) is 32.0 Å². The monoisotopic (exact) mass is 238 g/mol. The number of H-pyrrole nitrogens is 1. The predicted octanol–water partition coefficient (Wildman–Crippen LogP) is 3.65. The highest BCUT2D eigenvalue weighted by Crippen LogP contribution is 2.30. The van der Waals surface area contributed by atoms with Crippen LogP contribution in [0.25, 0.3) is 21.8 Å². The Morgan fingerprint density at radius 3 is 2.72 bits per heavy atom. The van der Waals surface area contributed by atoms with Crippen molar-refractivity contribution in [1.29, 1.82) is 0 Å². The Balaban J connectivity index is 2.50. The number of benzene rings is 1. The molecular formula is C15H14N2O. The number of aldehydes is 1. The first-order valence-electron chi connectivity index (χ1n) is 6.07. The van der Waals surface area contributed by atoms with Crippen LogP contribution in [0.5, 0.6) is 0 Å². The minimum absolute atomic E-state index is 0.278. The average molecular weight is 238 g/mol. The van der Waals surface area contributed by atoms with Crippen molar-refractivity contribution < 1.29 is 4.79 Å². The van der Waals surface area contributed by atoms with Crippen molar-refractivity contribution in [2.24, 2.45) is 0 Å². The molecule has 3 aromatic rings. The summed E-state index contributed by atoms with van der Waals surface area (Å²) in [6, 6.07) is 9.96. The van der Waals surface area contributed by atoms with Gasteiger partial charge in [-0.25, -0.2) is 4.98 Å². The molecule has 3 heteroatoms. The number of aromatic amines is 1. The zero-order valence-electron chi connectivity index (χ0n) is 10.4. The number of para-hydroxylation sites is 1. The van der Waals surface area contributed by atoms with Crippen molar-refractivity contribution in [1.82, 2.24) is 9.97 Å². The highest BCUT2D eigenvalue weighted by Gasteiger charge is 2.13. The second-order valence-electron chi connectivity index (χ2n) is 4.80. The van der Waals surface area contributed by atoms with Crippen LogP contribution in [0.2, 0.25) is 0 Å². The summed E-state index contributed by atoms with van der Waals surface area (Å²) in [5.41, 5.74) is 3.57. The molecule has 0 aliphatic rings. The molecule has 90 valence electrons. The van der Waals surface area contributed by atoms with Gasteiger partial charge >= 0.3 is 0 Å². The molecule has 0 fully saturated rings. The highest BCUT2D eigenvalue weighted by molar-refractivity contribution is 6.09. The maximum absolute atomic E-state index is 11.0. The number of aromatic nitrogens is 2. The van der Waals surface area contributed by atoms with Crippen molar-refractivity contribution in [2.75, 3.05) is 0 Å². The molecule has 1 aromatic carbocycles. The van der Waals surface area contributed by atoms with Gasteiger partial charge in [0.25, 0.3) is 0 Å². The molecule has 0 aliphatic carbocycles. The third-order valence-corrected chi connectivity index (χ3v) is 3.21. The molecule has 3 nitrogen and oxygen atoms in total. The molecule has 3 rings (SSSR count). The summed E-state index contributed by atoms with van der Waals surface area (Å²) < 4.78 is 0. The summed E-state index contributed by atoms with van der Waals surface area (Å²) in [7, 11) is 0. The molecular weight excluding hydrogens is 224 g/mol. The van der Waals surface area contributed by atoms with Crippen LogP contribution in [-0.2, 0) is 0 Å². The van der Waals surface area contributed by atoms with Gasteiger partial charge in [-0.05, 0) is 18.1 Å². The fourth-order valence-corrected chi connectivity index (χ4v) is 2.37. The molecule has 0 aliphatic heterocycles. The Bertz CT molecular complexity index is 741. The van der Waals surface area contributed by atoms with Gasteiger partial charge in [0.05, 0.1) is 11.2 Å². The standard InChI is InChI=1S/C15H14N2O/c1-9(2)14-15-12(7-10(8-18)16-14)11-5-3-4-6-13(11)17-15/h3-9,17H,1-2H3. The molecule has 0 amide bonds. The molecule has 0 saturated heterocycles. The van der Waals surface area contributed by atoms with Gasteiger partial charge in [-0.2, -0.15) is 0 Å². The maximum atomic E-state index is 11.0. The molecule has 0 unspecified atom stereocenters. The first kappa shape index (κ1) is 11.0. The van der Waals surface area contributed by atoms with Crippen LogP contribution in [0.1, 0.15) is 35.9 Å². The van der Waals surface area contributed by atoms with Gasteiger partial charge in [0.15, 0.2) is 6.29 Å². The third kappa shape index (κ3) is 1.51. The summed E-state index contributed by atoms with van der Waals surface area (Å²) in [5, 5.41) is 2.21. The van der Waals surface area contributed by atoms with E-state index in [1.165, 1.54) is 0 Å². The van der Waals surface area contributed by atoms with Crippen LogP contribution in [0.3, 0.4) is 0 Å². The van der Waals surface area contributed by atoms with E-state index in [0.717, 1.165) is 33.8 Å². The van der Waals surface area contributed by atoms with Crippen molar-refractivity contribution >= 4 is 28.1 Å². The van der Waals surface area contributed by atoms with E-state index in [1.54, 1.807) is 0 Å². The van der Waals surface area contributed by atoms with Gasteiger partial charge < -0.3 is 4.98 Å². The summed E-state index contributed by atoms with van der Waals surface area (Å²) in [6.45, 7) is 4.17. The van der Waals surface area contributed by atoms with Gasteiger partial charge in [0.2, 0.25) is 0 Å². The van der Waals surface area contributed by atoms with Crippen LogP contribution in [0, 0.1) is 0 Å². The normalized spacial score (nSPS) is 11.5.